The molecule has 0 saturated carbocycles. The number of benzene rings is 8. The van der Waals surface area contributed by atoms with Crippen LogP contribution in [-0.4, -0.2) is 15.1 Å². The average molecular weight is 721 g/mol. The summed E-state index contributed by atoms with van der Waals surface area (Å²) < 4.78 is 6.60. The number of pyridine rings is 2. The SMILES string of the molecule is CC(C)(C)c1cc(-c2cc(-c3ccccc3)ccn2)cc(-c2ccc3c4ccccc4c4cc5c(oc6ccc7ccc8ccccc8c7c65)c(O)c4c3n2)c1. The van der Waals surface area contributed by atoms with Gasteiger partial charge in [0.15, 0.2) is 11.3 Å². The van der Waals surface area contributed by atoms with Crippen molar-refractivity contribution in [3.8, 4) is 39.4 Å². The molecule has 4 nitrogen and oxygen atoms in total. The van der Waals surface area contributed by atoms with Crippen molar-refractivity contribution in [1.29, 1.82) is 0 Å². The Labute approximate surface area is 323 Å². The lowest BCUT2D eigenvalue weighted by molar-refractivity contribution is 0.475. The van der Waals surface area contributed by atoms with Crippen molar-refractivity contribution >= 4 is 75.9 Å². The average Bonchev–Trinajstić information content (AvgIpc) is 3.62. The van der Waals surface area contributed by atoms with E-state index in [-0.39, 0.29) is 11.2 Å². The summed E-state index contributed by atoms with van der Waals surface area (Å²) in [6, 6.07) is 53.1. The number of furan rings is 1. The van der Waals surface area contributed by atoms with E-state index in [1.54, 1.807) is 0 Å². The molecule has 0 aliphatic heterocycles. The third-order valence-corrected chi connectivity index (χ3v) is 11.5. The van der Waals surface area contributed by atoms with Gasteiger partial charge in [-0.25, -0.2) is 4.98 Å². The van der Waals surface area contributed by atoms with Crippen LogP contribution >= 0.6 is 0 Å². The van der Waals surface area contributed by atoms with Gasteiger partial charge in [-0.3, -0.25) is 4.98 Å². The summed E-state index contributed by atoms with van der Waals surface area (Å²) in [5.41, 5.74) is 9.03. The van der Waals surface area contributed by atoms with Crippen molar-refractivity contribution in [3.05, 3.63) is 163 Å². The standard InChI is InChI=1S/C52H36N2O2/c1-52(2,3)36-26-34(25-35(27-36)44-28-33(23-24-53-44)30-11-5-4-6-12-30)43-21-20-40-38-15-9-10-16-39(38)41-29-42-47-45(56-51(42)50(55)48(41)49(40)54-43)22-19-32-18-17-31-13-7-8-14-37(31)46(32)47/h4-29,55H,1-3H3. The smallest absolute Gasteiger partial charge is 0.177 e. The van der Waals surface area contributed by atoms with Crippen LogP contribution in [0.4, 0.5) is 0 Å². The molecule has 0 spiro atoms. The van der Waals surface area contributed by atoms with E-state index in [1.165, 1.54) is 10.9 Å². The molecule has 8 aromatic carbocycles. The fourth-order valence-corrected chi connectivity index (χ4v) is 8.67. The normalized spacial score (nSPS) is 12.3. The number of rotatable bonds is 3. The van der Waals surface area contributed by atoms with Crippen LogP contribution in [0.5, 0.6) is 5.75 Å². The van der Waals surface area contributed by atoms with Gasteiger partial charge in [0.05, 0.1) is 22.3 Å². The summed E-state index contributed by atoms with van der Waals surface area (Å²) in [6.07, 6.45) is 1.89. The molecule has 0 radical (unpaired) electrons. The number of aromatic hydroxyl groups is 1. The van der Waals surface area contributed by atoms with Crippen LogP contribution < -0.4 is 0 Å². The predicted octanol–water partition coefficient (Wildman–Crippen LogP) is 14.1. The van der Waals surface area contributed by atoms with Gasteiger partial charge in [0.1, 0.15) is 5.58 Å². The number of hydrogen-bond acceptors (Lipinski definition) is 4. The van der Waals surface area contributed by atoms with E-state index in [0.29, 0.717) is 11.0 Å². The second kappa shape index (κ2) is 12.0. The summed E-state index contributed by atoms with van der Waals surface area (Å²) in [5.74, 6) is 0.105. The quantitative estimate of drug-likeness (QED) is 0.185. The van der Waals surface area contributed by atoms with Crippen molar-refractivity contribution in [2.24, 2.45) is 0 Å². The Hall–Kier alpha value is -7.04. The van der Waals surface area contributed by atoms with Crippen LogP contribution in [0, 0.1) is 0 Å². The number of fused-ring (bicyclic) bond motifs is 13. The molecule has 0 amide bonds. The van der Waals surface area contributed by atoms with E-state index in [0.717, 1.165) is 93.2 Å². The number of phenolic OH excluding ortho intramolecular Hbond substituents is 1. The van der Waals surface area contributed by atoms with Crippen molar-refractivity contribution in [3.63, 3.8) is 0 Å². The van der Waals surface area contributed by atoms with Gasteiger partial charge in [-0.1, -0.05) is 118 Å². The number of aromatic nitrogens is 2. The largest absolute Gasteiger partial charge is 0.504 e. The fraction of sp³-hybridized carbons (Fsp3) is 0.0769. The van der Waals surface area contributed by atoms with Gasteiger partial charge < -0.3 is 9.52 Å². The van der Waals surface area contributed by atoms with E-state index in [1.807, 2.05) is 18.3 Å². The molecule has 0 aliphatic rings. The minimum absolute atomic E-state index is 0.105. The first kappa shape index (κ1) is 32.4. The minimum Gasteiger partial charge on any atom is -0.504 e. The van der Waals surface area contributed by atoms with Crippen molar-refractivity contribution in [2.45, 2.75) is 26.2 Å². The second-order valence-electron chi connectivity index (χ2n) is 15.9. The number of nitrogens with zero attached hydrogens (tertiary/aromatic N) is 2. The second-order valence-corrected chi connectivity index (χ2v) is 15.9. The van der Waals surface area contributed by atoms with Crippen LogP contribution in [0.3, 0.4) is 0 Å². The topological polar surface area (TPSA) is 59.2 Å². The highest BCUT2D eigenvalue weighted by atomic mass is 16.4. The molecule has 56 heavy (non-hydrogen) atoms. The molecule has 3 aromatic heterocycles. The Morgan fingerprint density at radius 1 is 0.482 bits per heavy atom. The first-order valence-corrected chi connectivity index (χ1v) is 19.1. The molecule has 11 rings (SSSR count). The molecule has 3 heterocycles. The number of phenols is 1. The fourth-order valence-electron chi connectivity index (χ4n) is 8.67. The van der Waals surface area contributed by atoms with Gasteiger partial charge in [0.25, 0.3) is 0 Å². The Bertz CT molecular complexity index is 3410. The molecule has 0 atom stereocenters. The zero-order valence-corrected chi connectivity index (χ0v) is 31.3. The molecule has 4 heteroatoms. The van der Waals surface area contributed by atoms with Gasteiger partial charge in [0, 0.05) is 38.9 Å². The van der Waals surface area contributed by atoms with Crippen molar-refractivity contribution < 1.29 is 9.52 Å². The van der Waals surface area contributed by atoms with Gasteiger partial charge in [0.2, 0.25) is 0 Å². The van der Waals surface area contributed by atoms with Crippen LogP contribution in [0.2, 0.25) is 0 Å². The molecule has 0 bridgehead atoms. The number of hydrogen-bond donors (Lipinski definition) is 1. The molecule has 0 fully saturated rings. The first-order valence-electron chi connectivity index (χ1n) is 19.1. The summed E-state index contributed by atoms with van der Waals surface area (Å²) in [6.45, 7) is 6.71. The lowest BCUT2D eigenvalue weighted by Gasteiger charge is -2.21. The molecule has 11 aromatic rings. The van der Waals surface area contributed by atoms with E-state index < -0.39 is 0 Å². The Balaban J connectivity index is 1.19. The Morgan fingerprint density at radius 2 is 1.18 bits per heavy atom. The molecular weight excluding hydrogens is 685 g/mol. The van der Waals surface area contributed by atoms with Crippen LogP contribution in [0.25, 0.3) is 110 Å². The highest BCUT2D eigenvalue weighted by molar-refractivity contribution is 6.33. The molecule has 0 unspecified atom stereocenters. The zero-order valence-electron chi connectivity index (χ0n) is 31.3. The summed E-state index contributed by atoms with van der Waals surface area (Å²) >= 11 is 0. The highest BCUT2D eigenvalue weighted by Crippen LogP contribution is 2.48. The van der Waals surface area contributed by atoms with Crippen molar-refractivity contribution in [1.82, 2.24) is 9.97 Å². The summed E-state index contributed by atoms with van der Waals surface area (Å²) in [7, 11) is 0. The zero-order chi connectivity index (χ0) is 37.7. The molecule has 0 aliphatic carbocycles. The van der Waals surface area contributed by atoms with Gasteiger partial charge in [-0.05, 0) is 109 Å². The first-order chi connectivity index (χ1) is 27.3. The third kappa shape index (κ3) is 4.92. The van der Waals surface area contributed by atoms with Gasteiger partial charge in [-0.2, -0.15) is 0 Å². The van der Waals surface area contributed by atoms with Crippen LogP contribution in [0.1, 0.15) is 26.3 Å². The lowest BCUT2D eigenvalue weighted by atomic mass is 9.84. The Kier molecular flexibility index (Phi) is 6.93. The van der Waals surface area contributed by atoms with Crippen LogP contribution in [0.15, 0.2) is 162 Å². The van der Waals surface area contributed by atoms with Crippen LogP contribution in [-0.2, 0) is 5.41 Å². The maximum absolute atomic E-state index is 12.4. The lowest BCUT2D eigenvalue weighted by Crippen LogP contribution is -2.11. The highest BCUT2D eigenvalue weighted by Gasteiger charge is 2.23. The van der Waals surface area contributed by atoms with E-state index >= 15 is 0 Å². The summed E-state index contributed by atoms with van der Waals surface area (Å²) in [4.78, 5) is 10.3. The predicted molar refractivity (Wildman–Crippen MR) is 234 cm³/mol. The van der Waals surface area contributed by atoms with E-state index in [9.17, 15) is 5.11 Å². The maximum Gasteiger partial charge on any atom is 0.177 e. The van der Waals surface area contributed by atoms with Gasteiger partial charge in [-0.15, -0.1) is 0 Å². The maximum atomic E-state index is 12.4. The van der Waals surface area contributed by atoms with Gasteiger partial charge >= 0.3 is 0 Å². The molecule has 266 valence electrons. The third-order valence-electron chi connectivity index (χ3n) is 11.5. The molecular formula is C52H36N2O2. The summed E-state index contributed by atoms with van der Waals surface area (Å²) in [5, 5.41) is 23.7. The molecule has 0 saturated heterocycles. The van der Waals surface area contributed by atoms with E-state index in [2.05, 4.69) is 160 Å². The minimum atomic E-state index is -0.123. The molecule has 1 N–H and O–H groups in total. The van der Waals surface area contributed by atoms with E-state index in [4.69, 9.17) is 14.4 Å². The van der Waals surface area contributed by atoms with Crippen molar-refractivity contribution in [2.75, 3.05) is 0 Å². The Morgan fingerprint density at radius 3 is 1.98 bits per heavy atom. The monoisotopic (exact) mass is 720 g/mol.